The van der Waals surface area contributed by atoms with E-state index in [0.717, 1.165) is 49.2 Å². The minimum absolute atomic E-state index is 0.0555. The van der Waals surface area contributed by atoms with Gasteiger partial charge in [-0.15, -0.1) is 0 Å². The number of ether oxygens (including phenoxy) is 1. The Morgan fingerprint density at radius 2 is 1.84 bits per heavy atom. The molecule has 0 saturated carbocycles. The second kappa shape index (κ2) is 8.69. The van der Waals surface area contributed by atoms with Gasteiger partial charge in [0.1, 0.15) is 5.75 Å². The van der Waals surface area contributed by atoms with Gasteiger partial charge in [0.2, 0.25) is 0 Å². The molecular formula is C26H28N2O4. The van der Waals surface area contributed by atoms with Crippen LogP contribution >= 0.6 is 0 Å². The number of anilines is 1. The first-order chi connectivity index (χ1) is 15.6. The van der Waals surface area contributed by atoms with Crippen molar-refractivity contribution in [2.24, 2.45) is 5.92 Å². The summed E-state index contributed by atoms with van der Waals surface area (Å²) in [4.78, 5) is 25.6. The molecule has 3 atom stereocenters. The predicted octanol–water partition coefficient (Wildman–Crippen LogP) is 4.60. The van der Waals surface area contributed by atoms with Crippen LogP contribution in [0.5, 0.6) is 5.75 Å². The fourth-order valence-electron chi connectivity index (χ4n) is 5.21. The van der Waals surface area contributed by atoms with Gasteiger partial charge < -0.3 is 20.1 Å². The van der Waals surface area contributed by atoms with E-state index in [0.29, 0.717) is 17.2 Å². The van der Waals surface area contributed by atoms with Gasteiger partial charge in [-0.25, -0.2) is 4.79 Å². The molecule has 0 unspecified atom stereocenters. The molecule has 2 aliphatic heterocycles. The van der Waals surface area contributed by atoms with Crippen LogP contribution in [0.1, 0.15) is 59.1 Å². The summed E-state index contributed by atoms with van der Waals surface area (Å²) in [6.07, 6.45) is 8.69. The van der Waals surface area contributed by atoms with Crippen LogP contribution in [0.25, 0.3) is 0 Å². The van der Waals surface area contributed by atoms with E-state index in [9.17, 15) is 14.7 Å². The number of carbonyl (C=O) groups excluding carboxylic acids is 1. The largest absolute Gasteiger partial charge is 0.484 e. The fraction of sp³-hybridized carbons (Fsp3) is 0.385. The number of allylic oxidation sites excluding steroid dienone is 2. The normalized spacial score (nSPS) is 23.8. The summed E-state index contributed by atoms with van der Waals surface area (Å²) in [7, 11) is 0. The van der Waals surface area contributed by atoms with Crippen molar-refractivity contribution in [2.45, 2.75) is 37.6 Å². The van der Waals surface area contributed by atoms with Gasteiger partial charge in [-0.05, 0) is 73.1 Å². The summed E-state index contributed by atoms with van der Waals surface area (Å²) in [5.41, 5.74) is 3.52. The number of likely N-dealkylation sites (tertiary alicyclic amines) is 1. The monoisotopic (exact) mass is 432 g/mol. The maximum absolute atomic E-state index is 12.3. The lowest BCUT2D eigenvalue weighted by molar-refractivity contribution is -0.134. The van der Waals surface area contributed by atoms with E-state index in [-0.39, 0.29) is 24.5 Å². The maximum Gasteiger partial charge on any atom is 0.335 e. The van der Waals surface area contributed by atoms with Gasteiger partial charge in [0.25, 0.3) is 5.91 Å². The molecule has 166 valence electrons. The molecule has 3 aliphatic rings. The molecule has 1 amide bonds. The molecular weight excluding hydrogens is 404 g/mol. The van der Waals surface area contributed by atoms with Crippen molar-refractivity contribution in [3.63, 3.8) is 0 Å². The molecule has 0 spiro atoms. The zero-order chi connectivity index (χ0) is 22.1. The quantitative estimate of drug-likeness (QED) is 0.675. The Morgan fingerprint density at radius 3 is 2.59 bits per heavy atom. The Bertz CT molecular complexity index is 1040. The van der Waals surface area contributed by atoms with Gasteiger partial charge in [-0.2, -0.15) is 0 Å². The third-order valence-electron chi connectivity index (χ3n) is 6.92. The molecule has 6 nitrogen and oxygen atoms in total. The zero-order valence-corrected chi connectivity index (χ0v) is 18.0. The molecule has 2 heterocycles. The van der Waals surface area contributed by atoms with Crippen LogP contribution in [-0.4, -0.2) is 41.6 Å². The molecule has 2 aromatic carbocycles. The smallest absolute Gasteiger partial charge is 0.335 e. The lowest BCUT2D eigenvalue weighted by Crippen LogP contribution is -2.38. The van der Waals surface area contributed by atoms with E-state index in [1.807, 2.05) is 23.1 Å². The van der Waals surface area contributed by atoms with Crippen molar-refractivity contribution < 1.29 is 19.4 Å². The zero-order valence-electron chi connectivity index (χ0n) is 18.0. The van der Waals surface area contributed by atoms with Crippen LogP contribution in [0, 0.1) is 5.92 Å². The maximum atomic E-state index is 12.3. The van der Waals surface area contributed by atoms with Crippen molar-refractivity contribution in [2.75, 3.05) is 25.0 Å². The second-order valence-electron chi connectivity index (χ2n) is 8.88. The molecule has 6 heteroatoms. The van der Waals surface area contributed by atoms with Gasteiger partial charge in [-0.1, -0.05) is 24.3 Å². The van der Waals surface area contributed by atoms with E-state index >= 15 is 0 Å². The van der Waals surface area contributed by atoms with Crippen LogP contribution < -0.4 is 10.1 Å². The number of nitrogens with one attached hydrogen (secondary N) is 1. The minimum Gasteiger partial charge on any atom is -0.484 e. The highest BCUT2D eigenvalue weighted by molar-refractivity contribution is 5.89. The Balaban J connectivity index is 1.29. The number of carboxylic acids is 1. The van der Waals surface area contributed by atoms with Crippen LogP contribution in [0.2, 0.25) is 0 Å². The van der Waals surface area contributed by atoms with Gasteiger partial charge in [0, 0.05) is 24.7 Å². The number of amides is 1. The molecule has 1 aliphatic carbocycles. The predicted molar refractivity (Wildman–Crippen MR) is 122 cm³/mol. The topological polar surface area (TPSA) is 78.9 Å². The van der Waals surface area contributed by atoms with Crippen molar-refractivity contribution in [3.05, 3.63) is 71.3 Å². The number of carboxylic acid groups (broad SMARTS) is 1. The number of hydrogen-bond acceptors (Lipinski definition) is 4. The summed E-state index contributed by atoms with van der Waals surface area (Å²) in [6, 6.07) is 13.4. The van der Waals surface area contributed by atoms with E-state index in [1.165, 1.54) is 6.42 Å². The number of carbonyl (C=O) groups is 2. The van der Waals surface area contributed by atoms with Crippen LogP contribution in [0.3, 0.4) is 0 Å². The van der Waals surface area contributed by atoms with Gasteiger partial charge >= 0.3 is 5.97 Å². The Morgan fingerprint density at radius 1 is 1.06 bits per heavy atom. The summed E-state index contributed by atoms with van der Waals surface area (Å²) >= 11 is 0. The third-order valence-corrected chi connectivity index (χ3v) is 6.92. The average Bonchev–Trinajstić information content (AvgIpc) is 3.33. The highest BCUT2D eigenvalue weighted by atomic mass is 16.5. The SMILES string of the molecule is O=C(O)c1ccc2c(c1)[C@@H]1C=CC[C@@H]1[C@H](c1ccc(OCC(=O)N3CCCCC3)cc1)N2. The summed E-state index contributed by atoms with van der Waals surface area (Å²) in [5.74, 6) is 0.387. The number of aromatic carboxylic acids is 1. The molecule has 0 bridgehead atoms. The lowest BCUT2D eigenvalue weighted by atomic mass is 9.76. The highest BCUT2D eigenvalue weighted by Crippen LogP contribution is 2.50. The van der Waals surface area contributed by atoms with Gasteiger partial charge in [-0.3, -0.25) is 4.79 Å². The van der Waals surface area contributed by atoms with E-state index in [1.54, 1.807) is 12.1 Å². The molecule has 32 heavy (non-hydrogen) atoms. The van der Waals surface area contributed by atoms with Crippen LogP contribution in [-0.2, 0) is 4.79 Å². The molecule has 1 saturated heterocycles. The Hall–Kier alpha value is -3.28. The summed E-state index contributed by atoms with van der Waals surface area (Å²) in [5, 5.41) is 13.0. The number of fused-ring (bicyclic) bond motifs is 3. The number of rotatable bonds is 5. The highest BCUT2D eigenvalue weighted by Gasteiger charge is 2.38. The first-order valence-electron chi connectivity index (χ1n) is 11.4. The van der Waals surface area contributed by atoms with Crippen molar-refractivity contribution in [1.82, 2.24) is 4.90 Å². The number of hydrogen-bond donors (Lipinski definition) is 2. The van der Waals surface area contributed by atoms with E-state index in [2.05, 4.69) is 29.6 Å². The fourth-order valence-corrected chi connectivity index (χ4v) is 5.21. The molecule has 1 fully saturated rings. The Labute approximate surface area is 187 Å². The average molecular weight is 433 g/mol. The first kappa shape index (κ1) is 20.6. The lowest BCUT2D eigenvalue weighted by Gasteiger charge is -2.37. The van der Waals surface area contributed by atoms with Crippen molar-refractivity contribution >= 4 is 17.6 Å². The summed E-state index contributed by atoms with van der Waals surface area (Å²) in [6.45, 7) is 1.75. The summed E-state index contributed by atoms with van der Waals surface area (Å²) < 4.78 is 5.76. The van der Waals surface area contributed by atoms with E-state index in [4.69, 9.17) is 4.74 Å². The molecule has 2 aromatic rings. The molecule has 2 N–H and O–H groups in total. The minimum atomic E-state index is -0.900. The van der Waals surface area contributed by atoms with Gasteiger partial charge in [0.15, 0.2) is 6.61 Å². The first-order valence-corrected chi connectivity index (χ1v) is 11.4. The van der Waals surface area contributed by atoms with E-state index < -0.39 is 5.97 Å². The van der Waals surface area contributed by atoms with Crippen molar-refractivity contribution in [1.29, 1.82) is 0 Å². The number of nitrogens with zero attached hydrogens (tertiary/aromatic N) is 1. The third kappa shape index (κ3) is 3.97. The van der Waals surface area contributed by atoms with Crippen molar-refractivity contribution in [3.8, 4) is 5.75 Å². The molecule has 0 aromatic heterocycles. The Kier molecular flexibility index (Phi) is 5.60. The molecule has 5 rings (SSSR count). The second-order valence-corrected chi connectivity index (χ2v) is 8.88. The molecule has 0 radical (unpaired) electrons. The van der Waals surface area contributed by atoms with Gasteiger partial charge in [0.05, 0.1) is 11.6 Å². The number of benzene rings is 2. The van der Waals surface area contributed by atoms with Crippen LogP contribution in [0.15, 0.2) is 54.6 Å². The number of piperidine rings is 1. The standard InChI is InChI=1S/C26H28N2O4/c29-24(28-13-2-1-3-14-28)16-32-19-10-7-17(8-11-19)25-21-6-4-5-20(21)22-15-18(26(30)31)9-12-23(22)27-25/h4-5,7-12,15,20-21,25,27H,1-3,6,13-14,16H2,(H,30,31)/t20-,21+,25+/m1/s1. The van der Waals surface area contributed by atoms with Crippen LogP contribution in [0.4, 0.5) is 5.69 Å².